The van der Waals surface area contributed by atoms with Gasteiger partial charge in [0.05, 0.1) is 0 Å². The monoisotopic (exact) mass is 372 g/mol. The summed E-state index contributed by atoms with van der Waals surface area (Å²) in [7, 11) is 0. The Kier molecular flexibility index (Phi) is 5.85. The number of aromatic nitrogens is 1. The Balaban J connectivity index is 1.69. The van der Waals surface area contributed by atoms with Crippen molar-refractivity contribution < 1.29 is 9.59 Å². The molecule has 0 radical (unpaired) electrons. The summed E-state index contributed by atoms with van der Waals surface area (Å²) >= 11 is 5.93. The van der Waals surface area contributed by atoms with Gasteiger partial charge in [-0.2, -0.15) is 0 Å². The molecule has 1 aromatic heterocycles. The standard InChI is InChI=1S/C19H21ClN4O2/c1-2-23-8-10-24(11-9-23)19(26)17-12-14(6-7-21-17)18(25)22-16-5-3-4-15(20)13-16/h3-7,12-13H,2,8-11H2,1H3,(H,22,25). The molecule has 0 saturated carbocycles. The van der Waals surface area contributed by atoms with E-state index in [9.17, 15) is 9.59 Å². The fraction of sp³-hybridized carbons (Fsp3) is 0.316. The number of nitrogens with zero attached hydrogens (tertiary/aromatic N) is 3. The first-order valence-electron chi connectivity index (χ1n) is 8.61. The van der Waals surface area contributed by atoms with Gasteiger partial charge in [0.15, 0.2) is 0 Å². The first kappa shape index (κ1) is 18.4. The van der Waals surface area contributed by atoms with Crippen molar-refractivity contribution in [1.29, 1.82) is 0 Å². The third-order valence-electron chi connectivity index (χ3n) is 4.43. The molecule has 1 aliphatic heterocycles. The number of anilines is 1. The van der Waals surface area contributed by atoms with Gasteiger partial charge in [-0.1, -0.05) is 24.6 Å². The van der Waals surface area contributed by atoms with Gasteiger partial charge in [-0.05, 0) is 36.9 Å². The molecule has 1 aromatic carbocycles. The van der Waals surface area contributed by atoms with Crippen molar-refractivity contribution >= 4 is 29.1 Å². The lowest BCUT2D eigenvalue weighted by Crippen LogP contribution is -2.48. The number of carbonyl (C=O) groups is 2. The number of rotatable bonds is 4. The van der Waals surface area contributed by atoms with Crippen LogP contribution < -0.4 is 5.32 Å². The molecule has 7 heteroatoms. The molecular weight excluding hydrogens is 352 g/mol. The normalized spacial score (nSPS) is 14.9. The second-order valence-corrected chi connectivity index (χ2v) is 6.56. The number of amides is 2. The van der Waals surface area contributed by atoms with Crippen molar-refractivity contribution in [3.63, 3.8) is 0 Å². The maximum Gasteiger partial charge on any atom is 0.272 e. The second-order valence-electron chi connectivity index (χ2n) is 6.12. The molecule has 3 rings (SSSR count). The SMILES string of the molecule is CCN1CCN(C(=O)c2cc(C(=O)Nc3cccc(Cl)c3)ccn2)CC1. The van der Waals surface area contributed by atoms with Gasteiger partial charge in [0.25, 0.3) is 11.8 Å². The first-order chi connectivity index (χ1) is 12.6. The molecule has 2 amide bonds. The Hall–Kier alpha value is -2.44. The molecule has 1 aliphatic rings. The van der Waals surface area contributed by atoms with E-state index in [4.69, 9.17) is 11.6 Å². The largest absolute Gasteiger partial charge is 0.335 e. The van der Waals surface area contributed by atoms with Crippen LogP contribution in [0.15, 0.2) is 42.6 Å². The van der Waals surface area contributed by atoms with Crippen LogP contribution in [-0.4, -0.2) is 59.3 Å². The van der Waals surface area contributed by atoms with Gasteiger partial charge in [0.1, 0.15) is 5.69 Å². The first-order valence-corrected chi connectivity index (χ1v) is 8.99. The van der Waals surface area contributed by atoms with Crippen molar-refractivity contribution in [2.24, 2.45) is 0 Å². The van der Waals surface area contributed by atoms with Crippen LogP contribution in [-0.2, 0) is 0 Å². The van der Waals surface area contributed by atoms with Gasteiger partial charge in [-0.3, -0.25) is 14.6 Å². The molecule has 6 nitrogen and oxygen atoms in total. The lowest BCUT2D eigenvalue weighted by Gasteiger charge is -2.33. The number of pyridine rings is 1. The van der Waals surface area contributed by atoms with E-state index in [1.807, 2.05) is 0 Å². The quantitative estimate of drug-likeness (QED) is 0.896. The molecule has 0 aliphatic carbocycles. The Morgan fingerprint density at radius 2 is 1.92 bits per heavy atom. The number of likely N-dealkylation sites (N-methyl/N-ethyl adjacent to an activating group) is 1. The summed E-state index contributed by atoms with van der Waals surface area (Å²) in [6.07, 6.45) is 1.49. The summed E-state index contributed by atoms with van der Waals surface area (Å²) in [5.74, 6) is -0.447. The Labute approximate surface area is 157 Å². The molecule has 0 atom stereocenters. The summed E-state index contributed by atoms with van der Waals surface area (Å²) in [6, 6.07) is 10.0. The minimum absolute atomic E-state index is 0.141. The smallest absolute Gasteiger partial charge is 0.272 e. The van der Waals surface area contributed by atoms with Crippen molar-refractivity contribution in [3.05, 3.63) is 58.9 Å². The maximum absolute atomic E-state index is 12.7. The number of halogens is 1. The van der Waals surface area contributed by atoms with Crippen LogP contribution in [0.5, 0.6) is 0 Å². The fourth-order valence-electron chi connectivity index (χ4n) is 2.89. The third-order valence-corrected chi connectivity index (χ3v) is 4.67. The third kappa shape index (κ3) is 4.39. The number of carbonyl (C=O) groups excluding carboxylic acids is 2. The highest BCUT2D eigenvalue weighted by atomic mass is 35.5. The Morgan fingerprint density at radius 3 is 2.62 bits per heavy atom. The van der Waals surface area contributed by atoms with Crippen molar-refractivity contribution in [1.82, 2.24) is 14.8 Å². The number of benzene rings is 1. The minimum Gasteiger partial charge on any atom is -0.335 e. The Bertz CT molecular complexity index is 804. The molecule has 1 N–H and O–H groups in total. The molecule has 26 heavy (non-hydrogen) atoms. The highest BCUT2D eigenvalue weighted by molar-refractivity contribution is 6.31. The molecule has 1 fully saturated rings. The van der Waals surface area contributed by atoms with E-state index in [2.05, 4.69) is 22.1 Å². The van der Waals surface area contributed by atoms with Crippen LogP contribution >= 0.6 is 11.6 Å². The van der Waals surface area contributed by atoms with Crippen molar-refractivity contribution in [2.45, 2.75) is 6.92 Å². The molecule has 0 unspecified atom stereocenters. The summed E-state index contributed by atoms with van der Waals surface area (Å²) in [6.45, 7) is 6.16. The zero-order chi connectivity index (χ0) is 18.5. The predicted molar refractivity (Wildman–Crippen MR) is 102 cm³/mol. The van der Waals surface area contributed by atoms with Crippen molar-refractivity contribution in [3.8, 4) is 0 Å². The van der Waals surface area contributed by atoms with E-state index < -0.39 is 0 Å². The van der Waals surface area contributed by atoms with E-state index in [0.29, 0.717) is 29.4 Å². The molecule has 2 heterocycles. The van der Waals surface area contributed by atoms with Crippen LogP contribution in [0, 0.1) is 0 Å². The molecule has 2 aromatic rings. The van der Waals surface area contributed by atoms with Crippen LogP contribution in [0.3, 0.4) is 0 Å². The lowest BCUT2D eigenvalue weighted by atomic mass is 10.2. The molecule has 1 saturated heterocycles. The number of hydrogen-bond donors (Lipinski definition) is 1. The molecule has 0 spiro atoms. The summed E-state index contributed by atoms with van der Waals surface area (Å²) in [4.78, 5) is 33.3. The van der Waals surface area contributed by atoms with Gasteiger partial charge in [0.2, 0.25) is 0 Å². The van der Waals surface area contributed by atoms with E-state index in [1.54, 1.807) is 35.2 Å². The maximum atomic E-state index is 12.7. The van der Waals surface area contributed by atoms with Gasteiger partial charge in [0, 0.05) is 48.6 Å². The minimum atomic E-state index is -0.306. The molecule has 0 bridgehead atoms. The molecule has 136 valence electrons. The van der Waals surface area contributed by atoms with E-state index in [1.165, 1.54) is 12.3 Å². The van der Waals surface area contributed by atoms with Gasteiger partial charge < -0.3 is 15.1 Å². The van der Waals surface area contributed by atoms with E-state index in [0.717, 1.165) is 19.6 Å². The van der Waals surface area contributed by atoms with Gasteiger partial charge in [-0.15, -0.1) is 0 Å². The zero-order valence-corrected chi connectivity index (χ0v) is 15.4. The topological polar surface area (TPSA) is 65.5 Å². The Morgan fingerprint density at radius 1 is 1.15 bits per heavy atom. The fourth-order valence-corrected chi connectivity index (χ4v) is 3.08. The van der Waals surface area contributed by atoms with Crippen molar-refractivity contribution in [2.75, 3.05) is 38.0 Å². The van der Waals surface area contributed by atoms with E-state index >= 15 is 0 Å². The van der Waals surface area contributed by atoms with Gasteiger partial charge in [-0.25, -0.2) is 0 Å². The average Bonchev–Trinajstić information content (AvgIpc) is 2.67. The van der Waals surface area contributed by atoms with Gasteiger partial charge >= 0.3 is 0 Å². The number of nitrogens with one attached hydrogen (secondary N) is 1. The number of hydrogen-bond acceptors (Lipinski definition) is 4. The van der Waals surface area contributed by atoms with Crippen LogP contribution in [0.4, 0.5) is 5.69 Å². The average molecular weight is 373 g/mol. The van der Waals surface area contributed by atoms with Crippen LogP contribution in [0.1, 0.15) is 27.8 Å². The van der Waals surface area contributed by atoms with Crippen LogP contribution in [0.25, 0.3) is 0 Å². The lowest BCUT2D eigenvalue weighted by molar-refractivity contribution is 0.0637. The summed E-state index contributed by atoms with van der Waals surface area (Å²) in [5.41, 5.74) is 1.27. The van der Waals surface area contributed by atoms with Crippen LogP contribution in [0.2, 0.25) is 5.02 Å². The highest BCUT2D eigenvalue weighted by Gasteiger charge is 2.22. The predicted octanol–water partition coefficient (Wildman–Crippen LogP) is 2.77. The second kappa shape index (κ2) is 8.29. The zero-order valence-electron chi connectivity index (χ0n) is 14.6. The molecular formula is C19H21ClN4O2. The highest BCUT2D eigenvalue weighted by Crippen LogP contribution is 2.16. The number of piperazine rings is 1. The summed E-state index contributed by atoms with van der Waals surface area (Å²) < 4.78 is 0. The summed E-state index contributed by atoms with van der Waals surface area (Å²) in [5, 5.41) is 3.32. The van der Waals surface area contributed by atoms with E-state index in [-0.39, 0.29) is 17.5 Å².